The maximum absolute atomic E-state index is 13.8. The summed E-state index contributed by atoms with van der Waals surface area (Å²) in [6.07, 6.45) is 0.411. The van der Waals surface area contributed by atoms with Crippen LogP contribution in [0, 0.1) is 23.7 Å². The Morgan fingerprint density at radius 1 is 1.19 bits per heavy atom. The Kier molecular flexibility index (Phi) is 6.45. The third-order valence-corrected chi connectivity index (χ3v) is 7.72. The average molecular weight is 515 g/mol. The van der Waals surface area contributed by atoms with Gasteiger partial charge in [-0.05, 0) is 58.3 Å². The number of likely N-dealkylation sites (N-methyl/N-ethyl adjacent to an activating group) is 1. The fraction of sp³-hybridized carbons (Fsp3) is 0.520. The maximum atomic E-state index is 13.8. The molecule has 2 amide bonds. The van der Waals surface area contributed by atoms with Crippen molar-refractivity contribution in [1.82, 2.24) is 4.90 Å². The van der Waals surface area contributed by atoms with Crippen LogP contribution in [0.1, 0.15) is 36.2 Å². The molecule has 6 N–H and O–H groups in total. The Bertz CT molecular complexity index is 1240. The van der Waals surface area contributed by atoms with E-state index in [1.54, 1.807) is 0 Å². The minimum absolute atomic E-state index is 0.0416. The molecule has 12 heteroatoms. The molecular formula is C25H30N4O8. The second-order valence-electron chi connectivity index (χ2n) is 10.5. The standard InChI is InChI=1S/C25H30N4O8/c1-9(2)28-13-7-14(27-8-30)19(31)16-11(13)5-10-6-12-18(29(3)4)21(33)17(24(26)36)23(35)25(12,37)22(34)15(10)20(16)32/h7-10,12,15,17-18,28,31,37H,5-6H2,1-4H3,(H2,26,36)(H,27,30)/t10?,12?,15?,17?,18-,25-/m0/s1. The molecule has 0 aliphatic heterocycles. The van der Waals surface area contributed by atoms with E-state index in [9.17, 15) is 39.0 Å². The molecule has 2 fully saturated rings. The minimum atomic E-state index is -2.79. The monoisotopic (exact) mass is 514 g/mol. The zero-order valence-electron chi connectivity index (χ0n) is 20.9. The number of ketones is 4. The van der Waals surface area contributed by atoms with Gasteiger partial charge in [-0.1, -0.05) is 0 Å². The van der Waals surface area contributed by atoms with Crippen LogP contribution in [-0.2, 0) is 30.4 Å². The molecule has 37 heavy (non-hydrogen) atoms. The first-order chi connectivity index (χ1) is 17.3. The van der Waals surface area contributed by atoms with Crippen LogP contribution in [0.4, 0.5) is 11.4 Å². The number of Topliss-reactive ketones (excluding diaryl/α,β-unsaturated/α-hetero) is 4. The number of fused-ring (bicyclic) bond motifs is 3. The Morgan fingerprint density at radius 2 is 1.84 bits per heavy atom. The molecule has 1 aromatic rings. The third kappa shape index (κ3) is 3.74. The van der Waals surface area contributed by atoms with Gasteiger partial charge < -0.3 is 26.6 Å². The van der Waals surface area contributed by atoms with Crippen LogP contribution in [0.2, 0.25) is 0 Å². The maximum Gasteiger partial charge on any atom is 0.235 e. The highest BCUT2D eigenvalue weighted by molar-refractivity contribution is 6.32. The number of phenolic OH excluding ortho intramolecular Hbond substituents is 1. The van der Waals surface area contributed by atoms with Crippen molar-refractivity contribution < 1.29 is 39.0 Å². The van der Waals surface area contributed by atoms with Gasteiger partial charge in [0.2, 0.25) is 12.3 Å². The van der Waals surface area contributed by atoms with Crippen LogP contribution in [-0.4, -0.2) is 82.3 Å². The van der Waals surface area contributed by atoms with Gasteiger partial charge in [-0.2, -0.15) is 0 Å². The number of amides is 2. The summed E-state index contributed by atoms with van der Waals surface area (Å²) in [5, 5.41) is 28.0. The summed E-state index contributed by atoms with van der Waals surface area (Å²) in [5.74, 6) is -11.3. The Balaban J connectivity index is 1.90. The molecule has 2 saturated carbocycles. The average Bonchev–Trinajstić information content (AvgIpc) is 2.78. The highest BCUT2D eigenvalue weighted by Gasteiger charge is 2.69. The van der Waals surface area contributed by atoms with Crippen molar-refractivity contribution in [3.63, 3.8) is 0 Å². The van der Waals surface area contributed by atoms with Crippen LogP contribution in [0.25, 0.3) is 0 Å². The van der Waals surface area contributed by atoms with Gasteiger partial charge in [-0.3, -0.25) is 33.7 Å². The molecular weight excluding hydrogens is 484 g/mol. The largest absolute Gasteiger partial charge is 0.505 e. The van der Waals surface area contributed by atoms with E-state index in [-0.39, 0.29) is 30.1 Å². The molecule has 4 unspecified atom stereocenters. The molecule has 1 aromatic carbocycles. The topological polar surface area (TPSA) is 196 Å². The highest BCUT2D eigenvalue weighted by Crippen LogP contribution is 2.52. The zero-order chi connectivity index (χ0) is 27.6. The summed E-state index contributed by atoms with van der Waals surface area (Å²) in [7, 11) is 3.05. The molecule has 0 spiro atoms. The van der Waals surface area contributed by atoms with E-state index in [0.29, 0.717) is 17.7 Å². The SMILES string of the molecule is CC(C)Nc1cc(NC=O)c(O)c2c1CC1CC3[C@H](N(C)C)C(=O)C(C(N)=O)C(=O)[C@@]3(O)C(=O)C1C2=O. The van der Waals surface area contributed by atoms with Gasteiger partial charge in [0.1, 0.15) is 5.75 Å². The highest BCUT2D eigenvalue weighted by atomic mass is 16.3. The predicted molar refractivity (Wildman–Crippen MR) is 130 cm³/mol. The molecule has 0 radical (unpaired) electrons. The molecule has 198 valence electrons. The van der Waals surface area contributed by atoms with Crippen molar-refractivity contribution in [3.8, 4) is 5.75 Å². The molecule has 3 aliphatic carbocycles. The lowest BCUT2D eigenvalue weighted by molar-refractivity contribution is -0.181. The smallest absolute Gasteiger partial charge is 0.235 e. The van der Waals surface area contributed by atoms with Crippen molar-refractivity contribution in [2.24, 2.45) is 29.4 Å². The third-order valence-electron chi connectivity index (χ3n) is 7.72. The van der Waals surface area contributed by atoms with E-state index in [2.05, 4.69) is 10.6 Å². The second-order valence-corrected chi connectivity index (χ2v) is 10.5. The van der Waals surface area contributed by atoms with Crippen LogP contribution < -0.4 is 16.4 Å². The first kappa shape index (κ1) is 26.4. The zero-order valence-corrected chi connectivity index (χ0v) is 20.9. The minimum Gasteiger partial charge on any atom is -0.505 e. The number of nitrogens with zero attached hydrogens (tertiary/aromatic N) is 1. The molecule has 0 bridgehead atoms. The fourth-order valence-electron chi connectivity index (χ4n) is 6.29. The van der Waals surface area contributed by atoms with Gasteiger partial charge in [-0.25, -0.2) is 0 Å². The van der Waals surface area contributed by atoms with Crippen molar-refractivity contribution in [2.45, 2.75) is 44.4 Å². The number of phenols is 1. The molecule has 12 nitrogen and oxygen atoms in total. The number of carbonyl (C=O) groups is 6. The van der Waals surface area contributed by atoms with Crippen LogP contribution >= 0.6 is 0 Å². The van der Waals surface area contributed by atoms with Gasteiger partial charge in [0.15, 0.2) is 34.7 Å². The Morgan fingerprint density at radius 3 is 2.38 bits per heavy atom. The summed E-state index contributed by atoms with van der Waals surface area (Å²) in [6, 6.07) is 0.244. The summed E-state index contributed by atoms with van der Waals surface area (Å²) >= 11 is 0. The predicted octanol–water partition coefficient (Wildman–Crippen LogP) is -0.744. The van der Waals surface area contributed by atoms with E-state index in [0.717, 1.165) is 0 Å². The lowest BCUT2D eigenvalue weighted by Gasteiger charge is -2.52. The number of aromatic hydroxyl groups is 1. The summed E-state index contributed by atoms with van der Waals surface area (Å²) < 4.78 is 0. The number of nitrogens with one attached hydrogen (secondary N) is 2. The number of primary amides is 1. The quantitative estimate of drug-likeness (QED) is 0.139. The number of hydrogen-bond acceptors (Lipinski definition) is 10. The number of nitrogens with two attached hydrogens (primary N) is 1. The van der Waals surface area contributed by atoms with Crippen LogP contribution in [0.5, 0.6) is 5.75 Å². The van der Waals surface area contributed by atoms with Crippen LogP contribution in [0.15, 0.2) is 6.07 Å². The van der Waals surface area contributed by atoms with Crippen molar-refractivity contribution in [1.29, 1.82) is 0 Å². The van der Waals surface area contributed by atoms with E-state index in [1.165, 1.54) is 25.1 Å². The number of rotatable bonds is 6. The number of benzene rings is 1. The van der Waals surface area contributed by atoms with Gasteiger partial charge >= 0.3 is 0 Å². The van der Waals surface area contributed by atoms with Crippen molar-refractivity contribution in [2.75, 3.05) is 24.7 Å². The first-order valence-electron chi connectivity index (χ1n) is 12.0. The molecule has 0 aromatic heterocycles. The summed E-state index contributed by atoms with van der Waals surface area (Å²) in [4.78, 5) is 78.6. The second kappa shape index (κ2) is 9.03. The number of aliphatic hydroxyl groups is 1. The Hall–Kier alpha value is -3.64. The van der Waals surface area contributed by atoms with Gasteiger partial charge in [-0.15, -0.1) is 0 Å². The van der Waals surface area contributed by atoms with Crippen LogP contribution in [0.3, 0.4) is 0 Å². The Labute approximate surface area is 212 Å². The summed E-state index contributed by atoms with van der Waals surface area (Å²) in [6.45, 7) is 3.72. The van der Waals surface area contributed by atoms with E-state index >= 15 is 0 Å². The van der Waals surface area contributed by atoms with Gasteiger partial charge in [0, 0.05) is 17.6 Å². The number of anilines is 2. The molecule has 0 saturated heterocycles. The van der Waals surface area contributed by atoms with Gasteiger partial charge in [0.05, 0.1) is 23.2 Å². The molecule has 0 heterocycles. The van der Waals surface area contributed by atoms with Gasteiger partial charge in [0.25, 0.3) is 0 Å². The fourth-order valence-corrected chi connectivity index (χ4v) is 6.29. The van der Waals surface area contributed by atoms with Crippen molar-refractivity contribution >= 4 is 46.8 Å². The van der Waals surface area contributed by atoms with E-state index in [1.807, 2.05) is 13.8 Å². The first-order valence-corrected chi connectivity index (χ1v) is 12.0. The van der Waals surface area contributed by atoms with E-state index in [4.69, 9.17) is 5.73 Å². The number of hydrogen-bond donors (Lipinski definition) is 5. The van der Waals surface area contributed by atoms with Crippen molar-refractivity contribution in [3.05, 3.63) is 17.2 Å². The lowest BCUT2D eigenvalue weighted by Crippen LogP contribution is -2.74. The molecule has 4 rings (SSSR count). The lowest BCUT2D eigenvalue weighted by atomic mass is 9.52. The normalized spacial score (nSPS) is 31.1. The number of carbonyl (C=O) groups excluding carboxylic acids is 6. The molecule has 6 atom stereocenters. The summed E-state index contributed by atoms with van der Waals surface area (Å²) in [5.41, 5.74) is 3.19. The van der Waals surface area contributed by atoms with E-state index < -0.39 is 70.1 Å². The molecule has 3 aliphatic rings.